The SMILES string of the molecule is CCC1NC2(CCCC2)C(=O)N1CCC(=O)OC. The summed E-state index contributed by atoms with van der Waals surface area (Å²) in [6, 6.07) is 0. The van der Waals surface area contributed by atoms with Crippen molar-refractivity contribution in [2.75, 3.05) is 13.7 Å². The van der Waals surface area contributed by atoms with Crippen LogP contribution in [0.1, 0.15) is 45.4 Å². The lowest BCUT2D eigenvalue weighted by molar-refractivity contribution is -0.142. The number of carbonyl (C=O) groups excluding carboxylic acids is 2. The van der Waals surface area contributed by atoms with Crippen molar-refractivity contribution in [3.63, 3.8) is 0 Å². The van der Waals surface area contributed by atoms with Gasteiger partial charge in [0.15, 0.2) is 0 Å². The van der Waals surface area contributed by atoms with Crippen LogP contribution in [0.2, 0.25) is 0 Å². The maximum atomic E-state index is 12.5. The molecule has 0 aromatic heterocycles. The van der Waals surface area contributed by atoms with Crippen LogP contribution in [0.4, 0.5) is 0 Å². The van der Waals surface area contributed by atoms with Crippen LogP contribution >= 0.6 is 0 Å². The maximum absolute atomic E-state index is 12.5. The van der Waals surface area contributed by atoms with E-state index in [9.17, 15) is 9.59 Å². The summed E-state index contributed by atoms with van der Waals surface area (Å²) < 4.78 is 4.63. The van der Waals surface area contributed by atoms with E-state index >= 15 is 0 Å². The Balaban J connectivity index is 2.03. The lowest BCUT2D eigenvalue weighted by Gasteiger charge is -2.22. The Morgan fingerprint density at radius 2 is 2.17 bits per heavy atom. The number of hydrogen-bond acceptors (Lipinski definition) is 4. The molecular weight excluding hydrogens is 232 g/mol. The molecule has 1 heterocycles. The van der Waals surface area contributed by atoms with Crippen LogP contribution in [0.25, 0.3) is 0 Å². The average Bonchev–Trinajstić information content (AvgIpc) is 2.95. The van der Waals surface area contributed by atoms with Crippen LogP contribution in [0.5, 0.6) is 0 Å². The Labute approximate surface area is 108 Å². The summed E-state index contributed by atoms with van der Waals surface area (Å²) >= 11 is 0. The molecule has 0 radical (unpaired) electrons. The van der Waals surface area contributed by atoms with Crippen molar-refractivity contribution in [3.05, 3.63) is 0 Å². The van der Waals surface area contributed by atoms with Gasteiger partial charge in [-0.05, 0) is 19.3 Å². The Morgan fingerprint density at radius 3 is 2.72 bits per heavy atom. The molecule has 0 aromatic carbocycles. The number of carbonyl (C=O) groups is 2. The number of methoxy groups -OCH3 is 1. The van der Waals surface area contributed by atoms with E-state index in [0.29, 0.717) is 6.54 Å². The molecule has 0 aromatic rings. The molecular formula is C13H22N2O3. The molecule has 1 N–H and O–H groups in total. The number of nitrogens with one attached hydrogen (secondary N) is 1. The first-order chi connectivity index (χ1) is 8.63. The van der Waals surface area contributed by atoms with Gasteiger partial charge in [0.1, 0.15) is 0 Å². The van der Waals surface area contributed by atoms with Crippen LogP contribution in [-0.4, -0.2) is 42.1 Å². The largest absolute Gasteiger partial charge is 0.469 e. The first kappa shape index (κ1) is 13.3. The topological polar surface area (TPSA) is 58.6 Å². The minimum absolute atomic E-state index is 0.0697. The molecule has 1 aliphatic heterocycles. The number of nitrogens with zero attached hydrogens (tertiary/aromatic N) is 1. The van der Waals surface area contributed by atoms with Gasteiger partial charge < -0.3 is 9.64 Å². The Kier molecular flexibility index (Phi) is 3.90. The fraction of sp³-hybridized carbons (Fsp3) is 0.846. The Morgan fingerprint density at radius 1 is 1.50 bits per heavy atom. The third-order valence-electron chi connectivity index (χ3n) is 4.12. The van der Waals surface area contributed by atoms with E-state index in [-0.39, 0.29) is 30.0 Å². The lowest BCUT2D eigenvalue weighted by Crippen LogP contribution is -2.44. The van der Waals surface area contributed by atoms with E-state index < -0.39 is 0 Å². The fourth-order valence-electron chi connectivity index (χ4n) is 3.11. The molecule has 1 saturated heterocycles. The molecule has 2 rings (SSSR count). The van der Waals surface area contributed by atoms with Crippen molar-refractivity contribution < 1.29 is 14.3 Å². The van der Waals surface area contributed by atoms with Crippen LogP contribution < -0.4 is 5.32 Å². The zero-order valence-corrected chi connectivity index (χ0v) is 11.2. The van der Waals surface area contributed by atoms with Crippen molar-refractivity contribution in [1.82, 2.24) is 10.2 Å². The van der Waals surface area contributed by atoms with Crippen LogP contribution in [-0.2, 0) is 14.3 Å². The highest BCUT2D eigenvalue weighted by Crippen LogP contribution is 2.36. The van der Waals surface area contributed by atoms with Gasteiger partial charge in [-0.3, -0.25) is 14.9 Å². The first-order valence-electron chi connectivity index (χ1n) is 6.78. The van der Waals surface area contributed by atoms with Gasteiger partial charge in [0, 0.05) is 6.54 Å². The molecule has 5 heteroatoms. The molecule has 0 bridgehead atoms. The summed E-state index contributed by atoms with van der Waals surface area (Å²) in [7, 11) is 1.38. The highest BCUT2D eigenvalue weighted by atomic mass is 16.5. The summed E-state index contributed by atoms with van der Waals surface area (Å²) in [5, 5.41) is 3.48. The summed E-state index contributed by atoms with van der Waals surface area (Å²) in [6.45, 7) is 2.52. The first-order valence-corrected chi connectivity index (χ1v) is 6.78. The number of rotatable bonds is 4. The molecule has 1 atom stereocenters. The van der Waals surface area contributed by atoms with Crippen molar-refractivity contribution in [2.24, 2.45) is 0 Å². The number of amides is 1. The fourth-order valence-corrected chi connectivity index (χ4v) is 3.11. The second-order valence-corrected chi connectivity index (χ2v) is 5.18. The van der Waals surface area contributed by atoms with E-state index in [1.807, 2.05) is 4.90 Å². The molecule has 5 nitrogen and oxygen atoms in total. The van der Waals surface area contributed by atoms with Crippen LogP contribution in [0, 0.1) is 0 Å². The van der Waals surface area contributed by atoms with Gasteiger partial charge in [0.05, 0.1) is 25.2 Å². The molecule has 2 fully saturated rings. The monoisotopic (exact) mass is 254 g/mol. The van der Waals surface area contributed by atoms with Crippen molar-refractivity contribution in [1.29, 1.82) is 0 Å². The van der Waals surface area contributed by atoms with E-state index in [4.69, 9.17) is 0 Å². The molecule has 1 aliphatic carbocycles. The van der Waals surface area contributed by atoms with Crippen molar-refractivity contribution in [2.45, 2.75) is 57.2 Å². The minimum atomic E-state index is -0.337. The van der Waals surface area contributed by atoms with Gasteiger partial charge in [-0.1, -0.05) is 19.8 Å². The van der Waals surface area contributed by atoms with Gasteiger partial charge in [-0.2, -0.15) is 0 Å². The maximum Gasteiger partial charge on any atom is 0.307 e. The van der Waals surface area contributed by atoms with Gasteiger partial charge in [0.25, 0.3) is 0 Å². The predicted octanol–water partition coefficient (Wildman–Crippen LogP) is 1.03. The van der Waals surface area contributed by atoms with Gasteiger partial charge in [-0.15, -0.1) is 0 Å². The molecule has 1 amide bonds. The Hall–Kier alpha value is -1.10. The molecule has 2 aliphatic rings. The second-order valence-electron chi connectivity index (χ2n) is 5.18. The van der Waals surface area contributed by atoms with E-state index in [2.05, 4.69) is 17.0 Å². The molecule has 1 unspecified atom stereocenters. The average molecular weight is 254 g/mol. The highest BCUT2D eigenvalue weighted by molar-refractivity contribution is 5.89. The summed E-state index contributed by atoms with van der Waals surface area (Å²) in [4.78, 5) is 25.5. The number of hydrogen-bond donors (Lipinski definition) is 1. The van der Waals surface area contributed by atoms with Crippen molar-refractivity contribution in [3.8, 4) is 0 Å². The number of esters is 1. The summed E-state index contributed by atoms with van der Waals surface area (Å²) in [6.07, 6.45) is 5.29. The van der Waals surface area contributed by atoms with E-state index in [1.165, 1.54) is 7.11 Å². The molecule has 102 valence electrons. The second kappa shape index (κ2) is 5.26. The standard InChI is InChI=1S/C13H22N2O3/c1-3-10-14-13(7-4-5-8-13)12(17)15(10)9-6-11(16)18-2/h10,14H,3-9H2,1-2H3. The zero-order valence-electron chi connectivity index (χ0n) is 11.2. The van der Waals surface area contributed by atoms with E-state index in [1.54, 1.807) is 0 Å². The zero-order chi connectivity index (χ0) is 13.2. The lowest BCUT2D eigenvalue weighted by atomic mass is 9.98. The quantitative estimate of drug-likeness (QED) is 0.761. The van der Waals surface area contributed by atoms with Crippen LogP contribution in [0.3, 0.4) is 0 Å². The predicted molar refractivity (Wildman–Crippen MR) is 66.8 cm³/mol. The van der Waals surface area contributed by atoms with E-state index in [0.717, 1.165) is 32.1 Å². The molecule has 18 heavy (non-hydrogen) atoms. The minimum Gasteiger partial charge on any atom is -0.469 e. The normalized spacial score (nSPS) is 26.0. The number of ether oxygens (including phenoxy) is 1. The van der Waals surface area contributed by atoms with Crippen LogP contribution in [0.15, 0.2) is 0 Å². The highest BCUT2D eigenvalue weighted by Gasteiger charge is 2.51. The van der Waals surface area contributed by atoms with Gasteiger partial charge >= 0.3 is 5.97 Å². The Bertz CT molecular complexity index is 337. The van der Waals surface area contributed by atoms with Gasteiger partial charge in [-0.25, -0.2) is 0 Å². The third kappa shape index (κ3) is 2.23. The van der Waals surface area contributed by atoms with Crippen molar-refractivity contribution >= 4 is 11.9 Å². The molecule has 1 saturated carbocycles. The molecule has 1 spiro atoms. The smallest absolute Gasteiger partial charge is 0.307 e. The third-order valence-corrected chi connectivity index (χ3v) is 4.12. The van der Waals surface area contributed by atoms with Gasteiger partial charge in [0.2, 0.25) is 5.91 Å². The summed E-state index contributed by atoms with van der Waals surface area (Å²) in [5.74, 6) is -0.0826. The summed E-state index contributed by atoms with van der Waals surface area (Å²) in [5.41, 5.74) is -0.337.